The van der Waals surface area contributed by atoms with Gasteiger partial charge in [-0.25, -0.2) is 4.79 Å². The molecule has 6 heteroatoms. The largest absolute Gasteiger partial charge is 0.508 e. The third kappa shape index (κ3) is 4.38. The monoisotopic (exact) mass is 386 g/mol. The van der Waals surface area contributed by atoms with Gasteiger partial charge in [0, 0.05) is 42.7 Å². The number of rotatable bonds is 6. The Balaban J connectivity index is 1.81. The first-order chi connectivity index (χ1) is 13.4. The lowest BCUT2D eigenvalue weighted by Crippen LogP contribution is -2.46. The Labute approximate surface area is 165 Å². The highest BCUT2D eigenvalue weighted by atomic mass is 16.4. The second kappa shape index (κ2) is 8.78. The van der Waals surface area contributed by atoms with Gasteiger partial charge < -0.3 is 14.8 Å². The van der Waals surface area contributed by atoms with E-state index in [2.05, 4.69) is 24.1 Å². The number of amides is 1. The van der Waals surface area contributed by atoms with Gasteiger partial charge in [0.15, 0.2) is 0 Å². The van der Waals surface area contributed by atoms with Crippen LogP contribution in [0.25, 0.3) is 11.0 Å². The average molecular weight is 386 g/mol. The minimum atomic E-state index is -0.422. The smallest absolute Gasteiger partial charge is 0.336 e. The summed E-state index contributed by atoms with van der Waals surface area (Å²) in [5.74, 6) is 0.219. The zero-order valence-electron chi connectivity index (χ0n) is 17.0. The summed E-state index contributed by atoms with van der Waals surface area (Å²) in [5, 5.41) is 13.8. The normalized spacial score (nSPS) is 20.4. The molecule has 6 nitrogen and oxygen atoms in total. The van der Waals surface area contributed by atoms with E-state index < -0.39 is 5.63 Å². The highest BCUT2D eigenvalue weighted by molar-refractivity contribution is 5.84. The number of carbonyl (C=O) groups is 1. The number of phenolic OH excluding ortho intramolecular Hbond substituents is 1. The minimum absolute atomic E-state index is 0.0229. The maximum Gasteiger partial charge on any atom is 0.336 e. The van der Waals surface area contributed by atoms with Crippen molar-refractivity contribution >= 4 is 16.9 Å². The number of phenols is 1. The van der Waals surface area contributed by atoms with Crippen molar-refractivity contribution in [2.75, 3.05) is 13.1 Å². The van der Waals surface area contributed by atoms with Crippen molar-refractivity contribution < 1.29 is 14.3 Å². The van der Waals surface area contributed by atoms with Crippen LogP contribution in [0, 0.1) is 12.8 Å². The number of piperidine rings is 1. The van der Waals surface area contributed by atoms with Crippen molar-refractivity contribution in [2.45, 2.75) is 59.0 Å². The second-order valence-corrected chi connectivity index (χ2v) is 7.87. The number of carbonyl (C=O) groups excluding carboxylic acids is 1. The SMILES string of the molecule is CCCCNC(=O)C1CCC(C)N(Cc2cc(=O)oc3c(C)c(O)ccc23)C1. The second-order valence-electron chi connectivity index (χ2n) is 7.87. The van der Waals surface area contributed by atoms with Crippen LogP contribution in [0.3, 0.4) is 0 Å². The van der Waals surface area contributed by atoms with Crippen molar-refractivity contribution in [1.82, 2.24) is 10.2 Å². The molecule has 1 saturated heterocycles. The van der Waals surface area contributed by atoms with Gasteiger partial charge in [0.2, 0.25) is 5.91 Å². The molecule has 2 N–H and O–H groups in total. The Bertz CT molecular complexity index is 905. The maximum absolute atomic E-state index is 12.5. The molecule has 1 fully saturated rings. The molecule has 152 valence electrons. The fraction of sp³-hybridized carbons (Fsp3) is 0.545. The van der Waals surface area contributed by atoms with Gasteiger partial charge >= 0.3 is 5.63 Å². The predicted molar refractivity (Wildman–Crippen MR) is 109 cm³/mol. The Morgan fingerprint density at radius 1 is 1.36 bits per heavy atom. The van der Waals surface area contributed by atoms with Crippen LogP contribution in [0.15, 0.2) is 27.4 Å². The van der Waals surface area contributed by atoms with E-state index >= 15 is 0 Å². The number of nitrogens with zero attached hydrogens (tertiary/aromatic N) is 1. The molecule has 1 amide bonds. The Kier molecular flexibility index (Phi) is 6.39. The van der Waals surface area contributed by atoms with Crippen molar-refractivity contribution in [3.05, 3.63) is 39.7 Å². The number of nitrogens with one attached hydrogen (secondary N) is 1. The molecular formula is C22H30N2O4. The Morgan fingerprint density at radius 3 is 2.89 bits per heavy atom. The van der Waals surface area contributed by atoms with E-state index in [0.717, 1.165) is 43.2 Å². The van der Waals surface area contributed by atoms with Crippen LogP contribution >= 0.6 is 0 Å². The third-order valence-electron chi connectivity index (χ3n) is 5.80. The first-order valence-electron chi connectivity index (χ1n) is 10.2. The van der Waals surface area contributed by atoms with Crippen molar-refractivity contribution in [1.29, 1.82) is 0 Å². The topological polar surface area (TPSA) is 82.8 Å². The molecule has 1 aliphatic rings. The summed E-state index contributed by atoms with van der Waals surface area (Å²) in [6.45, 7) is 8.00. The fourth-order valence-electron chi connectivity index (χ4n) is 3.91. The zero-order chi connectivity index (χ0) is 20.3. The molecule has 1 aliphatic heterocycles. The quantitative estimate of drug-likeness (QED) is 0.588. The van der Waals surface area contributed by atoms with Crippen molar-refractivity contribution in [3.63, 3.8) is 0 Å². The lowest BCUT2D eigenvalue weighted by atomic mass is 9.92. The number of likely N-dealkylation sites (tertiary alicyclic amines) is 1. The van der Waals surface area contributed by atoms with Crippen molar-refractivity contribution in [3.8, 4) is 5.75 Å². The van der Waals surface area contributed by atoms with Gasteiger partial charge in [-0.15, -0.1) is 0 Å². The van der Waals surface area contributed by atoms with E-state index in [1.54, 1.807) is 19.1 Å². The molecule has 28 heavy (non-hydrogen) atoms. The third-order valence-corrected chi connectivity index (χ3v) is 5.80. The molecule has 0 spiro atoms. The summed E-state index contributed by atoms with van der Waals surface area (Å²) in [7, 11) is 0. The molecule has 2 aromatic rings. The van der Waals surface area contributed by atoms with Crippen molar-refractivity contribution in [2.24, 2.45) is 5.92 Å². The standard InChI is InChI=1S/C22H30N2O4/c1-4-5-10-23-22(27)16-7-6-14(2)24(12-16)13-17-11-20(26)28-21-15(3)19(25)9-8-18(17)21/h8-9,11,14,16,25H,4-7,10,12-13H2,1-3H3,(H,23,27). The average Bonchev–Trinajstić information content (AvgIpc) is 2.67. The van der Waals surface area contributed by atoms with Gasteiger partial charge in [0.05, 0.1) is 5.92 Å². The first-order valence-corrected chi connectivity index (χ1v) is 10.2. The first kappa shape index (κ1) is 20.4. The van der Waals surface area contributed by atoms with Gasteiger partial charge in [-0.1, -0.05) is 13.3 Å². The molecule has 1 aromatic carbocycles. The number of aromatic hydroxyl groups is 1. The molecule has 0 saturated carbocycles. The molecule has 1 aromatic heterocycles. The molecule has 0 bridgehead atoms. The fourth-order valence-corrected chi connectivity index (χ4v) is 3.91. The summed E-state index contributed by atoms with van der Waals surface area (Å²) in [6.07, 6.45) is 3.90. The number of hydrogen-bond donors (Lipinski definition) is 2. The number of fused-ring (bicyclic) bond motifs is 1. The highest BCUT2D eigenvalue weighted by Crippen LogP contribution is 2.30. The molecule has 2 atom stereocenters. The number of aryl methyl sites for hydroxylation is 1. The maximum atomic E-state index is 12.5. The predicted octanol–water partition coefficient (Wildman–Crippen LogP) is 3.32. The zero-order valence-corrected chi connectivity index (χ0v) is 17.0. The number of benzene rings is 1. The number of hydrogen-bond acceptors (Lipinski definition) is 5. The molecule has 2 heterocycles. The molecular weight excluding hydrogens is 356 g/mol. The van der Waals surface area contributed by atoms with Gasteiger partial charge in [-0.05, 0) is 50.8 Å². The lowest BCUT2D eigenvalue weighted by Gasteiger charge is -2.37. The van der Waals surface area contributed by atoms with Gasteiger partial charge in [0.25, 0.3) is 0 Å². The molecule has 2 unspecified atom stereocenters. The van der Waals surface area contributed by atoms with E-state index in [1.807, 2.05) is 0 Å². The van der Waals surface area contributed by atoms with E-state index in [0.29, 0.717) is 30.3 Å². The van der Waals surface area contributed by atoms with Gasteiger partial charge in [-0.3, -0.25) is 9.69 Å². The van der Waals surface area contributed by atoms with Crippen LogP contribution in [0.1, 0.15) is 50.7 Å². The summed E-state index contributed by atoms with van der Waals surface area (Å²) >= 11 is 0. The van der Waals surface area contributed by atoms with Gasteiger partial charge in [-0.2, -0.15) is 0 Å². The summed E-state index contributed by atoms with van der Waals surface area (Å²) < 4.78 is 5.35. The number of unbranched alkanes of at least 4 members (excludes halogenated alkanes) is 1. The Morgan fingerprint density at radius 2 is 2.14 bits per heavy atom. The molecule has 0 aliphatic carbocycles. The summed E-state index contributed by atoms with van der Waals surface area (Å²) in [6, 6.07) is 5.28. The molecule has 3 rings (SSSR count). The van der Waals surface area contributed by atoms with Gasteiger partial charge in [0.1, 0.15) is 11.3 Å². The van der Waals surface area contributed by atoms with E-state index in [9.17, 15) is 14.7 Å². The Hall–Kier alpha value is -2.34. The van der Waals surface area contributed by atoms with Crippen LogP contribution < -0.4 is 10.9 Å². The lowest BCUT2D eigenvalue weighted by molar-refractivity contribution is -0.127. The van der Waals surface area contributed by atoms with Crippen LogP contribution in [0.5, 0.6) is 5.75 Å². The van der Waals surface area contributed by atoms with E-state index in [1.165, 1.54) is 6.07 Å². The van der Waals surface area contributed by atoms with Crippen LogP contribution in [0.2, 0.25) is 0 Å². The summed E-state index contributed by atoms with van der Waals surface area (Å²) in [5.41, 5.74) is 1.44. The van der Waals surface area contributed by atoms with Crippen LogP contribution in [-0.2, 0) is 11.3 Å². The summed E-state index contributed by atoms with van der Waals surface area (Å²) in [4.78, 5) is 26.8. The van der Waals surface area contributed by atoms with E-state index in [-0.39, 0.29) is 17.6 Å². The molecule has 0 radical (unpaired) electrons. The highest BCUT2D eigenvalue weighted by Gasteiger charge is 2.30. The van der Waals surface area contributed by atoms with E-state index in [4.69, 9.17) is 4.42 Å². The minimum Gasteiger partial charge on any atom is -0.508 e. The van der Waals surface area contributed by atoms with Crippen LogP contribution in [-0.4, -0.2) is 35.0 Å². The van der Waals surface area contributed by atoms with Crippen LogP contribution in [0.4, 0.5) is 0 Å².